The Labute approximate surface area is 169 Å². The van der Waals surface area contributed by atoms with Crippen molar-refractivity contribution in [3.63, 3.8) is 0 Å². The van der Waals surface area contributed by atoms with Gasteiger partial charge >= 0.3 is 6.09 Å². The Morgan fingerprint density at radius 3 is 2.64 bits per heavy atom. The van der Waals surface area contributed by atoms with Crippen molar-refractivity contribution >= 4 is 12.1 Å². The van der Waals surface area contributed by atoms with Crippen LogP contribution >= 0.6 is 0 Å². The number of nitrogens with zero attached hydrogens (tertiary/aromatic N) is 3. The quantitative estimate of drug-likeness (QED) is 0.322. The van der Waals surface area contributed by atoms with E-state index in [1.165, 1.54) is 5.56 Å². The fourth-order valence-corrected chi connectivity index (χ4v) is 2.62. The molecule has 0 fully saturated rings. The molecule has 0 aliphatic carbocycles. The van der Waals surface area contributed by atoms with Gasteiger partial charge in [-0.3, -0.25) is 9.67 Å². The second-order valence-corrected chi connectivity index (χ2v) is 8.00. The molecule has 1 atom stereocenters. The molecule has 28 heavy (non-hydrogen) atoms. The molecule has 0 bridgehead atoms. The van der Waals surface area contributed by atoms with Gasteiger partial charge in [-0.05, 0) is 46.1 Å². The van der Waals surface area contributed by atoms with Crippen LogP contribution in [-0.4, -0.2) is 53.6 Å². The molecule has 0 aromatic carbocycles. The second kappa shape index (κ2) is 12.3. The Hall–Kier alpha value is -2.25. The summed E-state index contributed by atoms with van der Waals surface area (Å²) >= 11 is 0. The molecule has 1 rings (SSSR count). The number of guanidine groups is 1. The molecule has 0 aliphatic heterocycles. The zero-order valence-corrected chi connectivity index (χ0v) is 18.3. The number of carbonyl (C=O) groups excluding carboxylic acids is 1. The minimum Gasteiger partial charge on any atom is -0.444 e. The van der Waals surface area contributed by atoms with Crippen molar-refractivity contribution in [2.45, 2.75) is 78.5 Å². The molecule has 0 spiro atoms. The largest absolute Gasteiger partial charge is 0.444 e. The highest BCUT2D eigenvalue weighted by Crippen LogP contribution is 2.07. The topological polar surface area (TPSA) is 92.6 Å². The fraction of sp³-hybridized carbons (Fsp3) is 0.750. The molecule has 1 unspecified atom stereocenters. The summed E-state index contributed by atoms with van der Waals surface area (Å²) in [5.74, 6) is 0.740. The van der Waals surface area contributed by atoms with E-state index in [2.05, 4.69) is 33.0 Å². The van der Waals surface area contributed by atoms with Crippen molar-refractivity contribution in [1.82, 2.24) is 25.7 Å². The zero-order valence-electron chi connectivity index (χ0n) is 18.3. The monoisotopic (exact) mass is 394 g/mol. The number of hydrogen-bond donors (Lipinski definition) is 3. The molecule has 0 aliphatic rings. The lowest BCUT2D eigenvalue weighted by Crippen LogP contribution is -2.49. The number of carbonyl (C=O) groups is 1. The van der Waals surface area contributed by atoms with Crippen LogP contribution in [0.4, 0.5) is 4.79 Å². The van der Waals surface area contributed by atoms with E-state index in [9.17, 15) is 4.79 Å². The molecule has 1 aromatic heterocycles. The smallest absolute Gasteiger partial charge is 0.407 e. The normalized spacial score (nSPS) is 13.1. The molecule has 0 radical (unpaired) electrons. The number of aliphatic imine (C=N–C) groups is 1. The van der Waals surface area contributed by atoms with Crippen molar-refractivity contribution in [1.29, 1.82) is 0 Å². The molecule has 0 saturated carbocycles. The van der Waals surface area contributed by atoms with Gasteiger partial charge in [0.25, 0.3) is 0 Å². The summed E-state index contributed by atoms with van der Waals surface area (Å²) in [7, 11) is 1.75. The van der Waals surface area contributed by atoms with Gasteiger partial charge < -0.3 is 20.7 Å². The van der Waals surface area contributed by atoms with Crippen molar-refractivity contribution in [3.8, 4) is 0 Å². The van der Waals surface area contributed by atoms with E-state index in [1.54, 1.807) is 7.05 Å². The van der Waals surface area contributed by atoms with Crippen molar-refractivity contribution in [3.05, 3.63) is 18.0 Å². The van der Waals surface area contributed by atoms with Gasteiger partial charge in [0, 0.05) is 38.9 Å². The molecule has 1 aromatic rings. The summed E-state index contributed by atoms with van der Waals surface area (Å²) in [5.41, 5.74) is 0.669. The van der Waals surface area contributed by atoms with Crippen LogP contribution in [0.1, 0.15) is 58.9 Å². The first-order chi connectivity index (χ1) is 13.2. The third-order valence-corrected chi connectivity index (χ3v) is 3.98. The van der Waals surface area contributed by atoms with Crippen molar-refractivity contribution < 1.29 is 9.53 Å². The second-order valence-electron chi connectivity index (χ2n) is 8.00. The van der Waals surface area contributed by atoms with E-state index < -0.39 is 11.7 Å². The minimum atomic E-state index is -0.499. The van der Waals surface area contributed by atoms with Gasteiger partial charge in [0.05, 0.1) is 6.20 Å². The highest BCUT2D eigenvalue weighted by atomic mass is 16.6. The van der Waals surface area contributed by atoms with Gasteiger partial charge in [0.15, 0.2) is 5.96 Å². The van der Waals surface area contributed by atoms with E-state index in [-0.39, 0.29) is 6.04 Å². The highest BCUT2D eigenvalue weighted by Gasteiger charge is 2.18. The Balaban J connectivity index is 2.42. The third-order valence-electron chi connectivity index (χ3n) is 3.98. The lowest BCUT2D eigenvalue weighted by Gasteiger charge is -2.24. The van der Waals surface area contributed by atoms with E-state index in [0.717, 1.165) is 44.7 Å². The molecule has 8 heteroatoms. The van der Waals surface area contributed by atoms with E-state index in [0.29, 0.717) is 6.54 Å². The molecule has 1 heterocycles. The Bertz CT molecular complexity index is 606. The molecule has 3 N–H and O–H groups in total. The summed E-state index contributed by atoms with van der Waals surface area (Å²) in [6, 6.07) is 0.0902. The summed E-state index contributed by atoms with van der Waals surface area (Å²) in [6.45, 7) is 11.9. The lowest BCUT2D eigenvalue weighted by molar-refractivity contribution is 0.0523. The number of aryl methyl sites for hydroxylation is 2. The number of alkyl carbamates (subject to hydrolysis) is 1. The first-order valence-corrected chi connectivity index (χ1v) is 10.2. The Morgan fingerprint density at radius 1 is 1.32 bits per heavy atom. The van der Waals surface area contributed by atoms with Crippen LogP contribution in [0.25, 0.3) is 0 Å². The van der Waals surface area contributed by atoms with Crippen molar-refractivity contribution in [2.75, 3.05) is 20.1 Å². The van der Waals surface area contributed by atoms with Gasteiger partial charge in [-0.15, -0.1) is 0 Å². The van der Waals surface area contributed by atoms with E-state index in [4.69, 9.17) is 4.74 Å². The average molecular weight is 395 g/mol. The molecular weight excluding hydrogens is 356 g/mol. The maximum atomic E-state index is 11.9. The first-order valence-electron chi connectivity index (χ1n) is 10.2. The van der Waals surface area contributed by atoms with Crippen LogP contribution in [-0.2, 0) is 11.3 Å². The minimum absolute atomic E-state index is 0.0902. The number of unbranched alkanes of at least 4 members (excludes halogenated alkanes) is 1. The maximum Gasteiger partial charge on any atom is 0.407 e. The van der Waals surface area contributed by atoms with Gasteiger partial charge in [-0.1, -0.05) is 19.8 Å². The Morgan fingerprint density at radius 2 is 2.07 bits per heavy atom. The highest BCUT2D eigenvalue weighted by molar-refractivity contribution is 5.80. The van der Waals surface area contributed by atoms with Gasteiger partial charge in [-0.2, -0.15) is 5.10 Å². The first kappa shape index (κ1) is 23.8. The molecule has 8 nitrogen and oxygen atoms in total. The van der Waals surface area contributed by atoms with E-state index in [1.807, 2.05) is 44.8 Å². The number of ether oxygens (including phenoxy) is 1. The lowest BCUT2D eigenvalue weighted by atomic mass is 10.1. The SMILES string of the molecule is CCCCC(CNC(=O)OC(C)(C)C)NC(=NC)NCCCn1cc(C)cn1. The zero-order chi connectivity index (χ0) is 21.0. The molecule has 160 valence electrons. The summed E-state index contributed by atoms with van der Waals surface area (Å²) < 4.78 is 7.26. The third kappa shape index (κ3) is 10.8. The van der Waals surface area contributed by atoms with Gasteiger partial charge in [0.1, 0.15) is 5.60 Å². The maximum absolute atomic E-state index is 11.9. The molecular formula is C20H38N6O2. The van der Waals surface area contributed by atoms with Crippen LogP contribution in [0.15, 0.2) is 17.4 Å². The number of amides is 1. The summed E-state index contributed by atoms with van der Waals surface area (Å²) in [6.07, 6.45) is 7.56. The number of nitrogens with one attached hydrogen (secondary N) is 3. The summed E-state index contributed by atoms with van der Waals surface area (Å²) in [5, 5.41) is 13.9. The van der Waals surface area contributed by atoms with Crippen LogP contribution in [0.2, 0.25) is 0 Å². The number of aromatic nitrogens is 2. The summed E-state index contributed by atoms with van der Waals surface area (Å²) in [4.78, 5) is 16.2. The fourth-order valence-electron chi connectivity index (χ4n) is 2.62. The predicted octanol–water partition coefficient (Wildman–Crippen LogP) is 2.83. The van der Waals surface area contributed by atoms with Crippen LogP contribution in [0, 0.1) is 6.92 Å². The van der Waals surface area contributed by atoms with Gasteiger partial charge in [0.2, 0.25) is 0 Å². The number of hydrogen-bond acceptors (Lipinski definition) is 4. The van der Waals surface area contributed by atoms with E-state index >= 15 is 0 Å². The molecule has 1 amide bonds. The number of rotatable bonds is 10. The molecule has 0 saturated heterocycles. The van der Waals surface area contributed by atoms with Crippen LogP contribution < -0.4 is 16.0 Å². The van der Waals surface area contributed by atoms with Crippen LogP contribution in [0.5, 0.6) is 0 Å². The van der Waals surface area contributed by atoms with Crippen LogP contribution in [0.3, 0.4) is 0 Å². The average Bonchev–Trinajstić information content (AvgIpc) is 3.03. The Kier molecular flexibility index (Phi) is 10.4. The standard InChI is InChI=1S/C20H38N6O2/c1-7-8-10-17(14-23-19(27)28-20(3,4)5)25-18(21-6)22-11-9-12-26-15-16(2)13-24-26/h13,15,17H,7-12,14H2,1-6H3,(H,23,27)(H2,21,22,25). The predicted molar refractivity (Wildman–Crippen MR) is 114 cm³/mol. The van der Waals surface area contributed by atoms with Gasteiger partial charge in [-0.25, -0.2) is 4.79 Å². The van der Waals surface area contributed by atoms with Crippen molar-refractivity contribution in [2.24, 2.45) is 4.99 Å².